The van der Waals surface area contributed by atoms with E-state index < -0.39 is 6.23 Å². The number of carbonyl (C=O) groups excluding carboxylic acids is 1. The monoisotopic (exact) mass is 179 g/mol. The molecule has 1 aromatic heterocycles. The predicted molar refractivity (Wildman–Crippen MR) is 46.3 cm³/mol. The van der Waals surface area contributed by atoms with Gasteiger partial charge in [-0.2, -0.15) is 0 Å². The lowest BCUT2D eigenvalue weighted by atomic mass is 10.3. The molecular weight excluding hydrogens is 170 g/mol. The third kappa shape index (κ3) is 1.33. The molecule has 0 fully saturated rings. The molecule has 68 valence electrons. The van der Waals surface area contributed by atoms with Crippen molar-refractivity contribution < 1.29 is 9.53 Å². The normalized spacial score (nSPS) is 20.1. The van der Waals surface area contributed by atoms with Gasteiger partial charge in [0.25, 0.3) is 5.91 Å². The van der Waals surface area contributed by atoms with Crippen molar-refractivity contribution in [3.8, 4) is 5.75 Å². The zero-order valence-electron chi connectivity index (χ0n) is 7.07. The number of nitrogens with zero attached hydrogens (tertiary/aromatic N) is 1. The maximum absolute atomic E-state index is 11.2. The van der Waals surface area contributed by atoms with Gasteiger partial charge < -0.3 is 10.1 Å². The van der Waals surface area contributed by atoms with Gasteiger partial charge in [-0.05, 0) is 19.2 Å². The molecule has 2 rings (SSSR count). The van der Waals surface area contributed by atoms with Gasteiger partial charge in [0.2, 0.25) is 6.23 Å². The second-order valence-corrected chi connectivity index (χ2v) is 2.63. The van der Waals surface area contributed by atoms with Crippen molar-refractivity contribution in [1.29, 1.82) is 0 Å². The first-order chi connectivity index (χ1) is 6.31. The lowest BCUT2D eigenvalue weighted by Gasteiger charge is -2.23. The molecule has 0 spiro atoms. The van der Waals surface area contributed by atoms with E-state index in [2.05, 4.69) is 15.6 Å². The molecule has 1 aliphatic heterocycles. The summed E-state index contributed by atoms with van der Waals surface area (Å²) in [7, 11) is 1.66. The lowest BCUT2D eigenvalue weighted by Crippen LogP contribution is -2.45. The fourth-order valence-corrected chi connectivity index (χ4v) is 1.13. The quantitative estimate of drug-likeness (QED) is 0.634. The molecule has 1 aromatic rings. The Morgan fingerprint density at radius 1 is 1.69 bits per heavy atom. The molecule has 5 heteroatoms. The van der Waals surface area contributed by atoms with Crippen molar-refractivity contribution in [3.63, 3.8) is 0 Å². The summed E-state index contributed by atoms with van der Waals surface area (Å²) in [6.07, 6.45) is 0.971. The van der Waals surface area contributed by atoms with Crippen LogP contribution in [0.25, 0.3) is 0 Å². The van der Waals surface area contributed by atoms with Crippen LogP contribution in [0.15, 0.2) is 18.3 Å². The Morgan fingerprint density at radius 3 is 3.31 bits per heavy atom. The van der Waals surface area contributed by atoms with Crippen molar-refractivity contribution >= 4 is 11.7 Å². The molecule has 0 saturated carbocycles. The maximum Gasteiger partial charge on any atom is 0.282 e. The third-order valence-corrected chi connectivity index (χ3v) is 1.76. The van der Waals surface area contributed by atoms with Crippen molar-refractivity contribution in [1.82, 2.24) is 10.3 Å². The number of rotatable bonds is 1. The van der Waals surface area contributed by atoms with Gasteiger partial charge in [-0.25, -0.2) is 4.98 Å². The Hall–Kier alpha value is -1.62. The van der Waals surface area contributed by atoms with E-state index in [1.807, 2.05) is 0 Å². The Morgan fingerprint density at radius 2 is 2.54 bits per heavy atom. The number of likely N-dealkylation sites (N-methyl/N-ethyl adjacent to an activating group) is 1. The van der Waals surface area contributed by atoms with Crippen molar-refractivity contribution in [3.05, 3.63) is 18.3 Å². The highest BCUT2D eigenvalue weighted by atomic mass is 16.5. The summed E-state index contributed by atoms with van der Waals surface area (Å²) >= 11 is 0. The zero-order valence-corrected chi connectivity index (χ0v) is 7.07. The predicted octanol–water partition coefficient (Wildman–Crippen LogP) is -0.0420. The topological polar surface area (TPSA) is 63.2 Å². The highest BCUT2D eigenvalue weighted by Crippen LogP contribution is 2.25. The SMILES string of the molecule is CNC1Oc2cccnc2NC1=O. The molecule has 1 aliphatic rings. The van der Waals surface area contributed by atoms with E-state index in [-0.39, 0.29) is 5.91 Å². The second-order valence-electron chi connectivity index (χ2n) is 2.63. The van der Waals surface area contributed by atoms with Crippen LogP contribution in [0.2, 0.25) is 0 Å². The van der Waals surface area contributed by atoms with Gasteiger partial charge in [0.1, 0.15) is 0 Å². The van der Waals surface area contributed by atoms with Crippen LogP contribution in [0, 0.1) is 0 Å². The standard InChI is InChI=1S/C8H9N3O2/c1-9-8-7(12)11-6-5(13-8)3-2-4-10-6/h2-4,8-9H,1H3,(H,10,11,12). The van der Waals surface area contributed by atoms with Gasteiger partial charge in [0.05, 0.1) is 0 Å². The summed E-state index contributed by atoms with van der Waals surface area (Å²) < 4.78 is 5.31. The smallest absolute Gasteiger partial charge is 0.282 e. The molecule has 0 aromatic carbocycles. The summed E-state index contributed by atoms with van der Waals surface area (Å²) in [5.74, 6) is 0.828. The molecular formula is C8H9N3O2. The molecule has 0 bridgehead atoms. The van der Waals surface area contributed by atoms with E-state index in [0.717, 1.165) is 0 Å². The van der Waals surface area contributed by atoms with Crippen LogP contribution in [0.5, 0.6) is 5.75 Å². The van der Waals surface area contributed by atoms with E-state index in [4.69, 9.17) is 4.74 Å². The number of pyridine rings is 1. The molecule has 2 heterocycles. The van der Waals surface area contributed by atoms with Gasteiger partial charge in [-0.3, -0.25) is 10.1 Å². The number of ether oxygens (including phenoxy) is 1. The number of anilines is 1. The Balaban J connectivity index is 2.33. The number of hydrogen-bond acceptors (Lipinski definition) is 4. The van der Waals surface area contributed by atoms with Crippen LogP contribution >= 0.6 is 0 Å². The average Bonchev–Trinajstić information content (AvgIpc) is 2.17. The number of aromatic nitrogens is 1. The largest absolute Gasteiger partial charge is 0.462 e. The fourth-order valence-electron chi connectivity index (χ4n) is 1.13. The highest BCUT2D eigenvalue weighted by molar-refractivity contribution is 5.96. The van der Waals surface area contributed by atoms with Crippen molar-refractivity contribution in [2.24, 2.45) is 0 Å². The fraction of sp³-hybridized carbons (Fsp3) is 0.250. The number of fused-ring (bicyclic) bond motifs is 1. The minimum absolute atomic E-state index is 0.228. The lowest BCUT2D eigenvalue weighted by molar-refractivity contribution is -0.124. The first-order valence-electron chi connectivity index (χ1n) is 3.91. The van der Waals surface area contributed by atoms with Crippen molar-refractivity contribution in [2.45, 2.75) is 6.23 Å². The molecule has 13 heavy (non-hydrogen) atoms. The molecule has 2 N–H and O–H groups in total. The van der Waals surface area contributed by atoms with Gasteiger partial charge in [-0.1, -0.05) is 0 Å². The van der Waals surface area contributed by atoms with Crippen LogP contribution in [0.4, 0.5) is 5.82 Å². The molecule has 1 unspecified atom stereocenters. The molecule has 0 radical (unpaired) electrons. The Kier molecular flexibility index (Phi) is 1.86. The first kappa shape index (κ1) is 8.00. The number of amides is 1. The van der Waals surface area contributed by atoms with Gasteiger partial charge in [-0.15, -0.1) is 0 Å². The van der Waals surface area contributed by atoms with Gasteiger partial charge >= 0.3 is 0 Å². The summed E-state index contributed by atoms with van der Waals surface area (Å²) in [5.41, 5.74) is 0. The molecule has 5 nitrogen and oxygen atoms in total. The summed E-state index contributed by atoms with van der Waals surface area (Å²) in [4.78, 5) is 15.2. The second kappa shape index (κ2) is 3.02. The van der Waals surface area contributed by atoms with Gasteiger partial charge in [0, 0.05) is 6.20 Å². The summed E-state index contributed by atoms with van der Waals surface area (Å²) in [5, 5.41) is 5.36. The maximum atomic E-state index is 11.2. The van der Waals surface area contributed by atoms with E-state index in [0.29, 0.717) is 11.6 Å². The molecule has 0 saturated heterocycles. The molecule has 1 amide bonds. The van der Waals surface area contributed by atoms with E-state index in [1.54, 1.807) is 25.4 Å². The van der Waals surface area contributed by atoms with E-state index >= 15 is 0 Å². The van der Waals surface area contributed by atoms with E-state index in [1.165, 1.54) is 0 Å². The van der Waals surface area contributed by atoms with Crippen molar-refractivity contribution in [2.75, 3.05) is 12.4 Å². The van der Waals surface area contributed by atoms with Crippen LogP contribution < -0.4 is 15.4 Å². The summed E-state index contributed by atoms with van der Waals surface area (Å²) in [6, 6.07) is 3.51. The van der Waals surface area contributed by atoms with Crippen LogP contribution in [-0.2, 0) is 4.79 Å². The number of nitrogens with one attached hydrogen (secondary N) is 2. The van der Waals surface area contributed by atoms with Crippen LogP contribution in [0.1, 0.15) is 0 Å². The summed E-state index contributed by atoms with van der Waals surface area (Å²) in [6.45, 7) is 0. The first-order valence-corrected chi connectivity index (χ1v) is 3.91. The number of carbonyl (C=O) groups is 1. The molecule has 0 aliphatic carbocycles. The minimum atomic E-state index is -0.628. The minimum Gasteiger partial charge on any atom is -0.462 e. The van der Waals surface area contributed by atoms with E-state index in [9.17, 15) is 4.79 Å². The van der Waals surface area contributed by atoms with Crippen LogP contribution in [-0.4, -0.2) is 24.2 Å². The third-order valence-electron chi connectivity index (χ3n) is 1.76. The Labute approximate surface area is 75.1 Å². The van der Waals surface area contributed by atoms with Gasteiger partial charge in [0.15, 0.2) is 11.6 Å². The zero-order chi connectivity index (χ0) is 9.26. The van der Waals surface area contributed by atoms with Crippen LogP contribution in [0.3, 0.4) is 0 Å². The highest BCUT2D eigenvalue weighted by Gasteiger charge is 2.26. The molecule has 1 atom stereocenters. The Bertz CT molecular complexity index is 340. The average molecular weight is 179 g/mol. The number of hydrogen-bond donors (Lipinski definition) is 2.